The van der Waals surface area contributed by atoms with Crippen LogP contribution in [-0.4, -0.2) is 39.1 Å². The van der Waals surface area contributed by atoms with Gasteiger partial charge in [0.05, 0.1) is 18.1 Å². The van der Waals surface area contributed by atoms with Gasteiger partial charge in [-0.2, -0.15) is 0 Å². The monoisotopic (exact) mass is 382 g/mol. The summed E-state index contributed by atoms with van der Waals surface area (Å²) < 4.78 is 7.65. The minimum Gasteiger partial charge on any atom is -0.496 e. The average molecular weight is 382 g/mol. The summed E-state index contributed by atoms with van der Waals surface area (Å²) in [5.41, 5.74) is 1.51. The minimum atomic E-state index is -0.483. The number of hydrogen-bond acceptors (Lipinski definition) is 5. The first-order valence-electron chi connectivity index (χ1n) is 8.69. The lowest BCUT2D eigenvalue weighted by atomic mass is 10.1. The third kappa shape index (κ3) is 3.28. The number of fused-ring (bicyclic) bond motifs is 1. The summed E-state index contributed by atoms with van der Waals surface area (Å²) >= 11 is 0. The summed E-state index contributed by atoms with van der Waals surface area (Å²) in [6, 6.07) is 7.26. The van der Waals surface area contributed by atoms with E-state index in [1.165, 1.54) is 35.8 Å². The maximum Gasteiger partial charge on any atom is 0.332 e. The molecule has 3 rings (SSSR count). The zero-order chi connectivity index (χ0) is 20.6. The lowest BCUT2D eigenvalue weighted by Gasteiger charge is -2.19. The Labute approximate surface area is 161 Å². The van der Waals surface area contributed by atoms with E-state index in [0.717, 1.165) is 15.7 Å². The number of aryl methyl sites for hydroxylation is 2. The second-order valence-corrected chi connectivity index (χ2v) is 6.78. The van der Waals surface area contributed by atoms with Crippen molar-refractivity contribution in [1.29, 1.82) is 0 Å². The van der Waals surface area contributed by atoms with E-state index in [9.17, 15) is 14.4 Å². The molecule has 8 nitrogen and oxygen atoms in total. The van der Waals surface area contributed by atoms with Crippen molar-refractivity contribution in [2.45, 2.75) is 13.5 Å². The largest absolute Gasteiger partial charge is 0.496 e. The fraction of sp³-hybridized carbons (Fsp3) is 0.300. The highest BCUT2D eigenvalue weighted by atomic mass is 16.5. The Kier molecular flexibility index (Phi) is 5.04. The van der Waals surface area contributed by atoms with Gasteiger partial charge in [-0.15, -0.1) is 0 Å². The van der Waals surface area contributed by atoms with E-state index in [-0.39, 0.29) is 22.5 Å². The number of ether oxygens (including phenoxy) is 1. The normalized spacial score (nSPS) is 10.9. The highest BCUT2D eigenvalue weighted by Gasteiger charge is 2.17. The minimum absolute atomic E-state index is 0.219. The Morgan fingerprint density at radius 2 is 1.89 bits per heavy atom. The van der Waals surface area contributed by atoms with Crippen LogP contribution in [0.25, 0.3) is 11.0 Å². The molecule has 0 aliphatic carbocycles. The lowest BCUT2D eigenvalue weighted by molar-refractivity contribution is 0.0784. The Balaban J connectivity index is 1.99. The van der Waals surface area contributed by atoms with Crippen LogP contribution in [0.4, 0.5) is 0 Å². The molecular formula is C20H22N4O4. The van der Waals surface area contributed by atoms with Gasteiger partial charge in [0.1, 0.15) is 11.4 Å². The highest BCUT2D eigenvalue weighted by molar-refractivity contribution is 5.96. The number of amides is 1. The Hall–Kier alpha value is -3.42. The number of pyridine rings is 1. The predicted molar refractivity (Wildman–Crippen MR) is 106 cm³/mol. The number of nitrogens with zero attached hydrogens (tertiary/aromatic N) is 4. The Morgan fingerprint density at radius 3 is 2.57 bits per heavy atom. The van der Waals surface area contributed by atoms with Crippen LogP contribution in [0.2, 0.25) is 0 Å². The maximum atomic E-state index is 12.9. The first-order valence-corrected chi connectivity index (χ1v) is 8.69. The van der Waals surface area contributed by atoms with Crippen LogP contribution >= 0.6 is 0 Å². The van der Waals surface area contributed by atoms with Crippen molar-refractivity contribution < 1.29 is 9.53 Å². The van der Waals surface area contributed by atoms with Crippen molar-refractivity contribution in [3.05, 3.63) is 68.0 Å². The molecule has 0 aliphatic heterocycles. The van der Waals surface area contributed by atoms with Gasteiger partial charge in [0.25, 0.3) is 11.5 Å². The Bertz CT molecular complexity index is 1190. The molecule has 28 heavy (non-hydrogen) atoms. The number of benzene rings is 1. The van der Waals surface area contributed by atoms with Crippen LogP contribution in [0.15, 0.2) is 40.1 Å². The average Bonchev–Trinajstić information content (AvgIpc) is 2.69. The second-order valence-electron chi connectivity index (χ2n) is 6.78. The molecule has 0 atom stereocenters. The molecule has 0 saturated heterocycles. The standard InChI is InChI=1S/C20H22N4O4/c1-12-6-7-16(28-5)14(8-12)11-22(2)18(25)13-9-15-17(21-10-13)23(3)20(27)24(4)19(15)26/h6-10H,11H2,1-5H3. The summed E-state index contributed by atoms with van der Waals surface area (Å²) in [5, 5.41) is 0.219. The van der Waals surface area contributed by atoms with E-state index in [1.807, 2.05) is 25.1 Å². The van der Waals surface area contributed by atoms with Gasteiger partial charge < -0.3 is 9.64 Å². The number of rotatable bonds is 4. The van der Waals surface area contributed by atoms with Crippen LogP contribution in [-0.2, 0) is 20.6 Å². The predicted octanol–water partition coefficient (Wildman–Crippen LogP) is 1.22. The number of carbonyl (C=O) groups excluding carboxylic acids is 1. The van der Waals surface area contributed by atoms with E-state index >= 15 is 0 Å². The van der Waals surface area contributed by atoms with E-state index in [1.54, 1.807) is 14.2 Å². The number of hydrogen-bond donors (Lipinski definition) is 0. The molecule has 0 N–H and O–H groups in total. The molecule has 1 aromatic carbocycles. The second kappa shape index (κ2) is 7.30. The van der Waals surface area contributed by atoms with Gasteiger partial charge in [0, 0.05) is 39.4 Å². The molecule has 1 amide bonds. The first kappa shape index (κ1) is 19.3. The lowest BCUT2D eigenvalue weighted by Crippen LogP contribution is -2.37. The number of carbonyl (C=O) groups is 1. The van der Waals surface area contributed by atoms with Gasteiger partial charge >= 0.3 is 5.69 Å². The third-order valence-corrected chi connectivity index (χ3v) is 4.73. The van der Waals surface area contributed by atoms with Gasteiger partial charge in [0.2, 0.25) is 0 Å². The number of aromatic nitrogens is 3. The van der Waals surface area contributed by atoms with Crippen LogP contribution < -0.4 is 16.0 Å². The van der Waals surface area contributed by atoms with Crippen molar-refractivity contribution in [2.24, 2.45) is 14.1 Å². The van der Waals surface area contributed by atoms with Crippen molar-refractivity contribution in [3.8, 4) is 5.75 Å². The molecule has 3 aromatic rings. The van der Waals surface area contributed by atoms with Crippen molar-refractivity contribution >= 4 is 16.9 Å². The van der Waals surface area contributed by atoms with E-state index in [0.29, 0.717) is 12.3 Å². The zero-order valence-electron chi connectivity index (χ0n) is 16.5. The molecule has 0 saturated carbocycles. The van der Waals surface area contributed by atoms with Crippen molar-refractivity contribution in [3.63, 3.8) is 0 Å². The fourth-order valence-corrected chi connectivity index (χ4v) is 3.16. The molecule has 2 aromatic heterocycles. The SMILES string of the molecule is COc1ccc(C)cc1CN(C)C(=O)c1cnc2c(c1)c(=O)n(C)c(=O)n2C. The molecule has 146 valence electrons. The summed E-state index contributed by atoms with van der Waals surface area (Å²) in [6.07, 6.45) is 1.38. The van der Waals surface area contributed by atoms with Gasteiger partial charge in [0.15, 0.2) is 0 Å². The van der Waals surface area contributed by atoms with E-state index in [2.05, 4.69) is 4.98 Å². The third-order valence-electron chi connectivity index (χ3n) is 4.73. The van der Waals surface area contributed by atoms with Crippen LogP contribution in [0.1, 0.15) is 21.5 Å². The first-order chi connectivity index (χ1) is 13.2. The molecule has 0 spiro atoms. The molecule has 2 heterocycles. The molecule has 0 unspecified atom stereocenters. The summed E-state index contributed by atoms with van der Waals surface area (Å²) in [6.45, 7) is 2.31. The Morgan fingerprint density at radius 1 is 1.18 bits per heavy atom. The van der Waals surface area contributed by atoms with Crippen LogP contribution in [0.5, 0.6) is 5.75 Å². The smallest absolute Gasteiger partial charge is 0.332 e. The van der Waals surface area contributed by atoms with Crippen LogP contribution in [0, 0.1) is 6.92 Å². The van der Waals surface area contributed by atoms with Gasteiger partial charge in [-0.25, -0.2) is 9.78 Å². The maximum absolute atomic E-state index is 12.9. The topological polar surface area (TPSA) is 86.4 Å². The zero-order valence-corrected chi connectivity index (χ0v) is 16.5. The molecule has 0 bridgehead atoms. The van der Waals surface area contributed by atoms with Gasteiger partial charge in [-0.3, -0.25) is 18.7 Å². The van der Waals surface area contributed by atoms with Crippen molar-refractivity contribution in [1.82, 2.24) is 19.0 Å². The summed E-state index contributed by atoms with van der Waals surface area (Å²) in [4.78, 5) is 43.1. The summed E-state index contributed by atoms with van der Waals surface area (Å²) in [5.74, 6) is 0.416. The molecule has 0 radical (unpaired) electrons. The van der Waals surface area contributed by atoms with Gasteiger partial charge in [-0.05, 0) is 19.1 Å². The molecule has 0 aliphatic rings. The van der Waals surface area contributed by atoms with Crippen molar-refractivity contribution in [2.75, 3.05) is 14.2 Å². The fourth-order valence-electron chi connectivity index (χ4n) is 3.16. The number of methoxy groups -OCH3 is 1. The molecular weight excluding hydrogens is 360 g/mol. The molecule has 8 heteroatoms. The quantitative estimate of drug-likeness (QED) is 0.677. The highest BCUT2D eigenvalue weighted by Crippen LogP contribution is 2.22. The van der Waals surface area contributed by atoms with Crippen LogP contribution in [0.3, 0.4) is 0 Å². The molecule has 0 fully saturated rings. The van der Waals surface area contributed by atoms with E-state index in [4.69, 9.17) is 4.74 Å². The van der Waals surface area contributed by atoms with E-state index < -0.39 is 11.2 Å². The summed E-state index contributed by atoms with van der Waals surface area (Å²) in [7, 11) is 6.19. The van der Waals surface area contributed by atoms with Gasteiger partial charge in [-0.1, -0.05) is 17.7 Å².